The first-order valence-corrected chi connectivity index (χ1v) is 9.86. The molecule has 0 saturated carbocycles. The van der Waals surface area contributed by atoms with Crippen molar-refractivity contribution in [1.82, 2.24) is 4.90 Å². The van der Waals surface area contributed by atoms with Gasteiger partial charge in [0.25, 0.3) is 5.91 Å². The molecule has 5 nitrogen and oxygen atoms in total. The smallest absolute Gasteiger partial charge is 0.416 e. The molecule has 2 aromatic carbocycles. The second-order valence-corrected chi connectivity index (χ2v) is 7.73. The Morgan fingerprint density at radius 2 is 1.66 bits per heavy atom. The summed E-state index contributed by atoms with van der Waals surface area (Å²) in [5.41, 5.74) is 3.01. The van der Waals surface area contributed by atoms with Crippen LogP contribution < -0.4 is 5.32 Å². The number of carbonyl (C=O) groups excluding carboxylic acids is 2. The van der Waals surface area contributed by atoms with Crippen LogP contribution in [-0.2, 0) is 11.0 Å². The third-order valence-corrected chi connectivity index (χ3v) is 4.96. The minimum atomic E-state index is -4.48. The Balaban J connectivity index is 1.70. The Hall–Kier alpha value is -3.55. The maximum atomic E-state index is 12.9. The van der Waals surface area contributed by atoms with Crippen molar-refractivity contribution in [2.24, 2.45) is 0 Å². The zero-order chi connectivity index (χ0) is 23.6. The van der Waals surface area contributed by atoms with E-state index in [1.165, 1.54) is 36.2 Å². The number of likely N-dealkylation sites (N-methyl/N-ethyl adjacent to an activating group) is 1. The lowest BCUT2D eigenvalue weighted by Gasteiger charge is -2.17. The fraction of sp³-hybridized carbons (Fsp3) is 0.250. The number of halogens is 3. The number of carbonyl (C=O) groups is 2. The van der Waals surface area contributed by atoms with Gasteiger partial charge >= 0.3 is 6.18 Å². The predicted octanol–water partition coefficient (Wildman–Crippen LogP) is 5.60. The van der Waals surface area contributed by atoms with Gasteiger partial charge in [-0.3, -0.25) is 9.59 Å². The van der Waals surface area contributed by atoms with E-state index in [-0.39, 0.29) is 29.5 Å². The summed E-state index contributed by atoms with van der Waals surface area (Å²) in [5.74, 6) is -0.880. The highest BCUT2D eigenvalue weighted by Crippen LogP contribution is 2.32. The summed E-state index contributed by atoms with van der Waals surface area (Å²) in [4.78, 5) is 26.3. The second kappa shape index (κ2) is 8.90. The standard InChI is InChI=1S/C24H23F3N2O3/c1-14-10-15(2)22(16(3)11-14)28-21(30)13-29(4)23(31)20-9-8-19(32-20)17-6-5-7-18(12-17)24(25,26)27/h5-12H,13H2,1-4H3,(H,28,30). The number of alkyl halides is 3. The number of nitrogens with one attached hydrogen (secondary N) is 1. The van der Waals surface area contributed by atoms with Gasteiger partial charge in [-0.25, -0.2) is 0 Å². The van der Waals surface area contributed by atoms with Gasteiger partial charge in [0.2, 0.25) is 5.91 Å². The highest BCUT2D eigenvalue weighted by molar-refractivity contribution is 5.98. The third kappa shape index (κ3) is 5.19. The number of aryl methyl sites for hydroxylation is 3. The summed E-state index contributed by atoms with van der Waals surface area (Å²) in [5, 5.41) is 2.82. The summed E-state index contributed by atoms with van der Waals surface area (Å²) in [6.45, 7) is 5.53. The Morgan fingerprint density at radius 3 is 2.28 bits per heavy atom. The van der Waals surface area contributed by atoms with Crippen molar-refractivity contribution in [2.45, 2.75) is 26.9 Å². The molecule has 1 aromatic heterocycles. The monoisotopic (exact) mass is 444 g/mol. The Bertz CT molecular complexity index is 1140. The van der Waals surface area contributed by atoms with Crippen LogP contribution in [0.1, 0.15) is 32.8 Å². The molecule has 32 heavy (non-hydrogen) atoms. The van der Waals surface area contributed by atoms with Crippen LogP contribution in [0.2, 0.25) is 0 Å². The van der Waals surface area contributed by atoms with Crippen molar-refractivity contribution in [3.05, 3.63) is 76.5 Å². The highest BCUT2D eigenvalue weighted by atomic mass is 19.4. The number of rotatable bonds is 5. The minimum absolute atomic E-state index is 0.0737. The van der Waals surface area contributed by atoms with E-state index in [0.717, 1.165) is 28.8 Å². The van der Waals surface area contributed by atoms with E-state index in [1.807, 2.05) is 32.9 Å². The Morgan fingerprint density at radius 1 is 1.00 bits per heavy atom. The summed E-state index contributed by atoms with van der Waals surface area (Å²) < 4.78 is 44.3. The summed E-state index contributed by atoms with van der Waals surface area (Å²) in [7, 11) is 1.45. The van der Waals surface area contributed by atoms with Crippen LogP contribution in [0.3, 0.4) is 0 Å². The largest absolute Gasteiger partial charge is 0.451 e. The number of nitrogens with zero attached hydrogens (tertiary/aromatic N) is 1. The highest BCUT2D eigenvalue weighted by Gasteiger charge is 2.30. The van der Waals surface area contributed by atoms with Gasteiger partial charge in [0.15, 0.2) is 5.76 Å². The average Bonchev–Trinajstić information content (AvgIpc) is 3.19. The molecule has 0 fully saturated rings. The number of furan rings is 1. The van der Waals surface area contributed by atoms with Gasteiger partial charge in [0.05, 0.1) is 12.1 Å². The molecule has 0 bridgehead atoms. The van der Waals surface area contributed by atoms with Gasteiger partial charge in [-0.15, -0.1) is 0 Å². The van der Waals surface area contributed by atoms with Crippen molar-refractivity contribution < 1.29 is 27.2 Å². The molecule has 3 rings (SSSR count). The predicted molar refractivity (Wildman–Crippen MR) is 115 cm³/mol. The summed E-state index contributed by atoms with van der Waals surface area (Å²) in [6, 6.07) is 11.4. The van der Waals surface area contributed by atoms with Crippen molar-refractivity contribution >= 4 is 17.5 Å². The molecule has 1 heterocycles. The lowest BCUT2D eigenvalue weighted by atomic mass is 10.1. The molecule has 0 aliphatic carbocycles. The van der Waals surface area contributed by atoms with E-state index in [4.69, 9.17) is 4.42 Å². The molecule has 0 saturated heterocycles. The molecule has 0 unspecified atom stereocenters. The zero-order valence-electron chi connectivity index (χ0n) is 18.1. The summed E-state index contributed by atoms with van der Waals surface area (Å²) >= 11 is 0. The van der Waals surface area contributed by atoms with Crippen molar-refractivity contribution in [3.8, 4) is 11.3 Å². The molecular formula is C24H23F3N2O3. The first-order valence-electron chi connectivity index (χ1n) is 9.86. The van der Waals surface area contributed by atoms with Crippen LogP contribution in [0.25, 0.3) is 11.3 Å². The minimum Gasteiger partial charge on any atom is -0.451 e. The fourth-order valence-electron chi connectivity index (χ4n) is 3.49. The van der Waals surface area contributed by atoms with Crippen LogP contribution in [-0.4, -0.2) is 30.3 Å². The molecule has 1 N–H and O–H groups in total. The van der Waals surface area contributed by atoms with Crippen LogP contribution in [0, 0.1) is 20.8 Å². The van der Waals surface area contributed by atoms with E-state index in [1.54, 1.807) is 0 Å². The van der Waals surface area contributed by atoms with Gasteiger partial charge in [0.1, 0.15) is 5.76 Å². The number of anilines is 1. The Kier molecular flexibility index (Phi) is 6.43. The van der Waals surface area contributed by atoms with Crippen molar-refractivity contribution in [3.63, 3.8) is 0 Å². The van der Waals surface area contributed by atoms with E-state index < -0.39 is 17.6 Å². The molecule has 0 atom stereocenters. The van der Waals surface area contributed by atoms with E-state index in [9.17, 15) is 22.8 Å². The van der Waals surface area contributed by atoms with Gasteiger partial charge in [-0.05, 0) is 56.2 Å². The van der Waals surface area contributed by atoms with Crippen LogP contribution in [0.4, 0.5) is 18.9 Å². The first-order chi connectivity index (χ1) is 15.0. The SMILES string of the molecule is Cc1cc(C)c(NC(=O)CN(C)C(=O)c2ccc(-c3cccc(C(F)(F)F)c3)o2)c(C)c1. The number of benzene rings is 2. The summed E-state index contributed by atoms with van der Waals surface area (Å²) in [6.07, 6.45) is -4.48. The maximum absolute atomic E-state index is 12.9. The van der Waals surface area contributed by atoms with Crippen molar-refractivity contribution in [1.29, 1.82) is 0 Å². The number of hydrogen-bond donors (Lipinski definition) is 1. The van der Waals surface area contributed by atoms with E-state index >= 15 is 0 Å². The molecule has 2 amide bonds. The molecule has 0 spiro atoms. The van der Waals surface area contributed by atoms with E-state index in [2.05, 4.69) is 5.32 Å². The first kappa shape index (κ1) is 23.1. The third-order valence-electron chi connectivity index (χ3n) is 4.96. The molecular weight excluding hydrogens is 421 g/mol. The number of hydrogen-bond acceptors (Lipinski definition) is 3. The topological polar surface area (TPSA) is 62.6 Å². The van der Waals surface area contributed by atoms with E-state index in [0.29, 0.717) is 5.69 Å². The lowest BCUT2D eigenvalue weighted by molar-refractivity contribution is -0.137. The maximum Gasteiger partial charge on any atom is 0.416 e. The Labute approximate surface area is 183 Å². The van der Waals surface area contributed by atoms with Crippen molar-refractivity contribution in [2.75, 3.05) is 18.9 Å². The molecule has 8 heteroatoms. The quantitative estimate of drug-likeness (QED) is 0.557. The molecule has 0 aliphatic heterocycles. The lowest BCUT2D eigenvalue weighted by Crippen LogP contribution is -2.35. The van der Waals surface area contributed by atoms with Crippen LogP contribution in [0.15, 0.2) is 52.9 Å². The van der Waals surface area contributed by atoms with Gasteiger partial charge in [0, 0.05) is 18.3 Å². The van der Waals surface area contributed by atoms with Gasteiger partial charge < -0.3 is 14.6 Å². The normalized spacial score (nSPS) is 11.3. The molecule has 0 radical (unpaired) electrons. The molecule has 168 valence electrons. The second-order valence-electron chi connectivity index (χ2n) is 7.73. The van der Waals surface area contributed by atoms with Crippen LogP contribution in [0.5, 0.6) is 0 Å². The number of amides is 2. The van der Waals surface area contributed by atoms with Gasteiger partial charge in [-0.1, -0.05) is 29.8 Å². The average molecular weight is 444 g/mol. The van der Waals surface area contributed by atoms with Crippen LogP contribution >= 0.6 is 0 Å². The molecule has 0 aliphatic rings. The fourth-order valence-corrected chi connectivity index (χ4v) is 3.49. The van der Waals surface area contributed by atoms with Gasteiger partial charge in [-0.2, -0.15) is 13.2 Å². The zero-order valence-corrected chi connectivity index (χ0v) is 18.1. The molecule has 3 aromatic rings.